The van der Waals surface area contributed by atoms with Gasteiger partial charge in [-0.2, -0.15) is 0 Å². The Kier molecular flexibility index (Phi) is 3.39. The van der Waals surface area contributed by atoms with Crippen molar-refractivity contribution < 1.29 is 9.90 Å². The molecular formula is C14H18N2O2. The standard InChI is InChI=1S/C14H18N2O2/c1-9-10(7-4-8-15)11-5-3-6-12(14(17)18)13(11)16(9)2/h3,5-6H,4,7-8,15H2,1-2H3,(H,17,18). The number of rotatable bonds is 4. The van der Waals surface area contributed by atoms with Crippen LogP contribution in [0.3, 0.4) is 0 Å². The minimum Gasteiger partial charge on any atom is -0.478 e. The molecule has 0 unspecified atom stereocenters. The minimum atomic E-state index is -0.883. The molecule has 96 valence electrons. The fraction of sp³-hybridized carbons (Fsp3) is 0.357. The first-order chi connectivity index (χ1) is 8.57. The lowest BCUT2D eigenvalue weighted by Gasteiger charge is -2.02. The lowest BCUT2D eigenvalue weighted by Crippen LogP contribution is -2.01. The van der Waals surface area contributed by atoms with Crippen LogP contribution in [0.15, 0.2) is 18.2 Å². The molecule has 0 spiro atoms. The van der Waals surface area contributed by atoms with E-state index in [9.17, 15) is 9.90 Å². The quantitative estimate of drug-likeness (QED) is 0.867. The molecule has 3 N–H and O–H groups in total. The monoisotopic (exact) mass is 246 g/mol. The number of aromatic nitrogens is 1. The zero-order valence-corrected chi connectivity index (χ0v) is 10.7. The molecule has 0 aliphatic heterocycles. The van der Waals surface area contributed by atoms with Crippen molar-refractivity contribution in [2.75, 3.05) is 6.54 Å². The minimum absolute atomic E-state index is 0.358. The van der Waals surface area contributed by atoms with Crippen LogP contribution in [0.1, 0.15) is 28.0 Å². The fourth-order valence-corrected chi connectivity index (χ4v) is 2.48. The van der Waals surface area contributed by atoms with Crippen molar-refractivity contribution in [2.24, 2.45) is 12.8 Å². The van der Waals surface area contributed by atoms with Crippen LogP contribution in [0.2, 0.25) is 0 Å². The number of aromatic carboxylic acids is 1. The molecule has 0 fully saturated rings. The largest absolute Gasteiger partial charge is 0.478 e. The molecule has 0 saturated heterocycles. The SMILES string of the molecule is Cc1c(CCCN)c2cccc(C(=O)O)c2n1C. The number of carbonyl (C=O) groups is 1. The summed E-state index contributed by atoms with van der Waals surface area (Å²) in [5, 5.41) is 10.3. The Labute approximate surface area is 106 Å². The second-order valence-corrected chi connectivity index (χ2v) is 4.52. The van der Waals surface area contributed by atoms with Crippen molar-refractivity contribution in [3.05, 3.63) is 35.0 Å². The molecule has 0 atom stereocenters. The normalized spacial score (nSPS) is 11.1. The summed E-state index contributed by atoms with van der Waals surface area (Å²) in [4.78, 5) is 11.3. The van der Waals surface area contributed by atoms with Crippen LogP contribution in [-0.4, -0.2) is 22.2 Å². The highest BCUT2D eigenvalue weighted by atomic mass is 16.4. The predicted molar refractivity (Wildman–Crippen MR) is 72.0 cm³/mol. The Morgan fingerprint density at radius 2 is 2.17 bits per heavy atom. The maximum atomic E-state index is 11.3. The summed E-state index contributed by atoms with van der Waals surface area (Å²) in [5.41, 5.74) is 9.04. The summed E-state index contributed by atoms with van der Waals surface area (Å²) >= 11 is 0. The van der Waals surface area contributed by atoms with Crippen molar-refractivity contribution in [1.29, 1.82) is 0 Å². The van der Waals surface area contributed by atoms with Gasteiger partial charge < -0.3 is 15.4 Å². The van der Waals surface area contributed by atoms with Crippen molar-refractivity contribution in [3.8, 4) is 0 Å². The third-order valence-corrected chi connectivity index (χ3v) is 3.50. The van der Waals surface area contributed by atoms with Crippen LogP contribution < -0.4 is 5.73 Å². The smallest absolute Gasteiger partial charge is 0.337 e. The fourth-order valence-electron chi connectivity index (χ4n) is 2.48. The molecule has 4 nitrogen and oxygen atoms in total. The summed E-state index contributed by atoms with van der Waals surface area (Å²) in [7, 11) is 1.91. The number of nitrogens with zero attached hydrogens (tertiary/aromatic N) is 1. The van der Waals surface area contributed by atoms with E-state index in [2.05, 4.69) is 0 Å². The summed E-state index contributed by atoms with van der Waals surface area (Å²) in [5.74, 6) is -0.883. The number of benzene rings is 1. The van der Waals surface area contributed by atoms with E-state index in [1.807, 2.05) is 24.6 Å². The van der Waals surface area contributed by atoms with Gasteiger partial charge in [0.05, 0.1) is 11.1 Å². The predicted octanol–water partition coefficient (Wildman–Crippen LogP) is 2.08. The topological polar surface area (TPSA) is 68.2 Å². The number of hydrogen-bond acceptors (Lipinski definition) is 2. The number of carboxylic acid groups (broad SMARTS) is 1. The van der Waals surface area contributed by atoms with Crippen LogP contribution in [-0.2, 0) is 13.5 Å². The van der Waals surface area contributed by atoms with Crippen LogP contribution >= 0.6 is 0 Å². The van der Waals surface area contributed by atoms with E-state index in [1.165, 1.54) is 5.56 Å². The van der Waals surface area contributed by atoms with Gasteiger partial charge in [-0.1, -0.05) is 12.1 Å². The third kappa shape index (κ3) is 1.88. The van der Waals surface area contributed by atoms with Gasteiger partial charge in [0.15, 0.2) is 0 Å². The maximum absolute atomic E-state index is 11.3. The van der Waals surface area contributed by atoms with E-state index in [0.717, 1.165) is 29.4 Å². The van der Waals surface area contributed by atoms with Gasteiger partial charge in [0.1, 0.15) is 0 Å². The van der Waals surface area contributed by atoms with Crippen LogP contribution in [0, 0.1) is 6.92 Å². The van der Waals surface area contributed by atoms with Gasteiger partial charge >= 0.3 is 5.97 Å². The van der Waals surface area contributed by atoms with Crippen LogP contribution in [0.5, 0.6) is 0 Å². The highest BCUT2D eigenvalue weighted by molar-refractivity contribution is 6.03. The third-order valence-electron chi connectivity index (χ3n) is 3.50. The number of para-hydroxylation sites is 1. The van der Waals surface area contributed by atoms with Gasteiger partial charge in [0.2, 0.25) is 0 Å². The molecule has 1 aromatic carbocycles. The Bertz CT molecular complexity index is 599. The zero-order chi connectivity index (χ0) is 13.3. The molecule has 0 bridgehead atoms. The van der Waals surface area contributed by atoms with Crippen LogP contribution in [0.4, 0.5) is 0 Å². The molecule has 0 aliphatic carbocycles. The molecule has 18 heavy (non-hydrogen) atoms. The molecule has 1 heterocycles. The van der Waals surface area contributed by atoms with Gasteiger partial charge in [-0.15, -0.1) is 0 Å². The van der Waals surface area contributed by atoms with Gasteiger partial charge in [0.25, 0.3) is 0 Å². The van der Waals surface area contributed by atoms with Crippen molar-refractivity contribution >= 4 is 16.9 Å². The van der Waals surface area contributed by atoms with Gasteiger partial charge in [-0.3, -0.25) is 0 Å². The van der Waals surface area contributed by atoms with Gasteiger partial charge in [-0.25, -0.2) is 4.79 Å². The van der Waals surface area contributed by atoms with Crippen molar-refractivity contribution in [1.82, 2.24) is 4.57 Å². The first-order valence-electron chi connectivity index (χ1n) is 6.08. The number of hydrogen-bond donors (Lipinski definition) is 2. The summed E-state index contributed by atoms with van der Waals surface area (Å²) in [6.45, 7) is 2.67. The van der Waals surface area contributed by atoms with Gasteiger partial charge in [0, 0.05) is 18.1 Å². The molecule has 0 saturated carbocycles. The van der Waals surface area contributed by atoms with Crippen molar-refractivity contribution in [2.45, 2.75) is 19.8 Å². The summed E-state index contributed by atoms with van der Waals surface area (Å²) in [6, 6.07) is 5.44. The molecule has 0 amide bonds. The molecule has 2 rings (SSSR count). The Morgan fingerprint density at radius 3 is 2.78 bits per heavy atom. The van der Waals surface area contributed by atoms with Crippen LogP contribution in [0.25, 0.3) is 10.9 Å². The first-order valence-corrected chi connectivity index (χ1v) is 6.08. The molecule has 0 aliphatic rings. The van der Waals surface area contributed by atoms with Gasteiger partial charge in [-0.05, 0) is 37.9 Å². The number of carboxylic acids is 1. The zero-order valence-electron chi connectivity index (χ0n) is 10.7. The first kappa shape index (κ1) is 12.6. The van der Waals surface area contributed by atoms with E-state index < -0.39 is 5.97 Å². The molecule has 1 aromatic heterocycles. The highest BCUT2D eigenvalue weighted by Gasteiger charge is 2.17. The Hall–Kier alpha value is -1.81. The number of fused-ring (bicyclic) bond motifs is 1. The van der Waals surface area contributed by atoms with E-state index in [4.69, 9.17) is 5.73 Å². The van der Waals surface area contributed by atoms with E-state index >= 15 is 0 Å². The lowest BCUT2D eigenvalue weighted by atomic mass is 10.0. The lowest BCUT2D eigenvalue weighted by molar-refractivity contribution is 0.0698. The highest BCUT2D eigenvalue weighted by Crippen LogP contribution is 2.28. The average Bonchev–Trinajstić information content (AvgIpc) is 2.60. The number of aryl methyl sites for hydroxylation is 2. The molecular weight excluding hydrogens is 228 g/mol. The Balaban J connectivity index is 2.71. The summed E-state index contributed by atoms with van der Waals surface area (Å²) < 4.78 is 1.96. The Morgan fingerprint density at radius 1 is 1.44 bits per heavy atom. The van der Waals surface area contributed by atoms with Crippen molar-refractivity contribution in [3.63, 3.8) is 0 Å². The second-order valence-electron chi connectivity index (χ2n) is 4.52. The van der Waals surface area contributed by atoms with E-state index in [-0.39, 0.29) is 0 Å². The molecule has 0 radical (unpaired) electrons. The summed E-state index contributed by atoms with van der Waals surface area (Å²) in [6.07, 6.45) is 1.81. The maximum Gasteiger partial charge on any atom is 0.337 e. The number of nitrogens with two attached hydrogens (primary N) is 1. The molecule has 2 aromatic rings. The van der Waals surface area contributed by atoms with E-state index in [1.54, 1.807) is 12.1 Å². The second kappa shape index (κ2) is 4.82. The van der Waals surface area contributed by atoms with E-state index in [0.29, 0.717) is 12.1 Å². The molecule has 4 heteroatoms. The average molecular weight is 246 g/mol.